The van der Waals surface area contributed by atoms with Gasteiger partial charge in [-0.15, -0.1) is 0 Å². The first kappa shape index (κ1) is 37.5. The summed E-state index contributed by atoms with van der Waals surface area (Å²) in [7, 11) is 0. The number of thioether (sulfide) groups is 1. The lowest BCUT2D eigenvalue weighted by molar-refractivity contribution is 0.590. The molecule has 2 nitrogen and oxygen atoms in total. The minimum atomic E-state index is 0.104. The second-order valence-corrected chi connectivity index (χ2v) is 19.6. The summed E-state index contributed by atoms with van der Waals surface area (Å²) >= 11 is 1.96. The molecule has 0 saturated heterocycles. The number of fused-ring (bicyclic) bond motifs is 3. The first-order valence-corrected chi connectivity index (χ1v) is 22.1. The van der Waals surface area contributed by atoms with Gasteiger partial charge in [-0.2, -0.15) is 0 Å². The van der Waals surface area contributed by atoms with Crippen molar-refractivity contribution in [2.45, 2.75) is 83.0 Å². The molecule has 0 fully saturated rings. The molecule has 0 radical (unpaired) electrons. The summed E-state index contributed by atoms with van der Waals surface area (Å²) in [6.45, 7) is 13.7. The minimum absolute atomic E-state index is 0.104. The Morgan fingerprint density at radius 1 is 0.424 bits per heavy atom. The van der Waals surface area contributed by atoms with Crippen LogP contribution in [0.15, 0.2) is 173 Å². The molecule has 7 aromatic rings. The van der Waals surface area contributed by atoms with Crippen molar-refractivity contribution in [1.29, 1.82) is 0 Å². The summed E-state index contributed by atoms with van der Waals surface area (Å²) in [4.78, 5) is 7.63. The van der Waals surface area contributed by atoms with E-state index in [0.717, 1.165) is 25.7 Å². The first-order valence-electron chi connectivity index (χ1n) is 21.3. The molecular weight excluding hydrogens is 733 g/mol. The molecule has 0 N–H and O–H groups in total. The van der Waals surface area contributed by atoms with Gasteiger partial charge in [0.15, 0.2) is 0 Å². The van der Waals surface area contributed by atoms with Crippen LogP contribution in [-0.2, 0) is 23.7 Å². The van der Waals surface area contributed by atoms with Gasteiger partial charge < -0.3 is 9.80 Å². The number of hydrogen-bond donors (Lipinski definition) is 0. The molecule has 0 bridgehead atoms. The number of aryl methyl sites for hydroxylation is 2. The zero-order chi connectivity index (χ0) is 40.5. The van der Waals surface area contributed by atoms with Gasteiger partial charge in [-0.05, 0) is 159 Å². The van der Waals surface area contributed by atoms with Crippen molar-refractivity contribution in [3.63, 3.8) is 0 Å². The summed E-state index contributed by atoms with van der Waals surface area (Å²) in [5.74, 6) is 0. The molecule has 3 heteroatoms. The van der Waals surface area contributed by atoms with E-state index in [0.29, 0.717) is 0 Å². The van der Waals surface area contributed by atoms with E-state index in [9.17, 15) is 0 Å². The number of hydrogen-bond acceptors (Lipinski definition) is 3. The summed E-state index contributed by atoms with van der Waals surface area (Å²) in [5.41, 5.74) is 18.7. The van der Waals surface area contributed by atoms with Gasteiger partial charge in [0, 0.05) is 49.3 Å². The van der Waals surface area contributed by atoms with Gasteiger partial charge in [-0.25, -0.2) is 0 Å². The Labute approximate surface area is 354 Å². The van der Waals surface area contributed by atoms with Crippen LogP contribution in [0.5, 0.6) is 0 Å². The van der Waals surface area contributed by atoms with E-state index in [4.69, 9.17) is 0 Å². The molecule has 1 heterocycles. The van der Waals surface area contributed by atoms with Crippen LogP contribution in [0.3, 0.4) is 0 Å². The molecule has 2 aliphatic carbocycles. The quantitative estimate of drug-likeness (QED) is 0.166. The van der Waals surface area contributed by atoms with Crippen molar-refractivity contribution in [2.75, 3.05) is 9.80 Å². The molecule has 0 spiro atoms. The maximum Gasteiger partial charge on any atom is 0.0464 e. The number of benzene rings is 7. The van der Waals surface area contributed by atoms with Crippen LogP contribution in [0.1, 0.15) is 82.2 Å². The maximum absolute atomic E-state index is 2.48. The van der Waals surface area contributed by atoms with Crippen molar-refractivity contribution >= 4 is 56.5 Å². The predicted octanol–water partition coefficient (Wildman–Crippen LogP) is 16.0. The lowest BCUT2D eigenvalue weighted by Gasteiger charge is -2.33. The van der Waals surface area contributed by atoms with Gasteiger partial charge >= 0.3 is 0 Å². The second kappa shape index (κ2) is 14.5. The summed E-state index contributed by atoms with van der Waals surface area (Å²) in [6, 6.07) is 56.9. The topological polar surface area (TPSA) is 6.48 Å². The van der Waals surface area contributed by atoms with Gasteiger partial charge in [0.2, 0.25) is 0 Å². The standard InChI is InChI=1S/C56H52N2S/c1-55(2,3)39-20-24-43(25-21-39)57(41-13-9-7-10-14-41)45-28-30-47-38(35-45)18-17-37-19-34-51-54-50(33-32-49(47)53(37)54)48-31-29-46(36-52(48)59-51)58(42-15-11-8-12-16-42)44-26-22-40(23-27-44)56(4,5)6/h7-16,19-28,30,32-36H,17-18,29,31H2,1-6H3. The van der Waals surface area contributed by atoms with Crippen LogP contribution in [0.25, 0.3) is 27.5 Å². The van der Waals surface area contributed by atoms with Gasteiger partial charge in [0.05, 0.1) is 0 Å². The van der Waals surface area contributed by atoms with Crippen LogP contribution in [0.4, 0.5) is 28.4 Å². The van der Waals surface area contributed by atoms with E-state index in [1.165, 1.54) is 99.2 Å². The van der Waals surface area contributed by atoms with Gasteiger partial charge in [-0.3, -0.25) is 0 Å². The van der Waals surface area contributed by atoms with Crippen LogP contribution in [-0.4, -0.2) is 0 Å². The van der Waals surface area contributed by atoms with Crippen molar-refractivity contribution in [3.8, 4) is 11.1 Å². The highest BCUT2D eigenvalue weighted by atomic mass is 32.2. The lowest BCUT2D eigenvalue weighted by Crippen LogP contribution is -2.19. The first-order chi connectivity index (χ1) is 28.5. The largest absolute Gasteiger partial charge is 0.314 e. The third kappa shape index (κ3) is 6.80. The van der Waals surface area contributed by atoms with Crippen LogP contribution in [0, 0.1) is 0 Å². The molecule has 0 unspecified atom stereocenters. The highest BCUT2D eigenvalue weighted by molar-refractivity contribution is 8.03. The monoisotopic (exact) mass is 784 g/mol. The smallest absolute Gasteiger partial charge is 0.0464 e. The van der Waals surface area contributed by atoms with Crippen LogP contribution >= 0.6 is 11.8 Å². The van der Waals surface area contributed by atoms with Crippen molar-refractivity contribution in [1.82, 2.24) is 0 Å². The third-order valence-electron chi connectivity index (χ3n) is 12.6. The zero-order valence-electron chi connectivity index (χ0n) is 35.1. The molecule has 1 aliphatic heterocycles. The molecule has 3 aliphatic rings. The van der Waals surface area contributed by atoms with Gasteiger partial charge in [0.25, 0.3) is 0 Å². The summed E-state index contributed by atoms with van der Waals surface area (Å²) in [5, 5.41) is 2.89. The van der Waals surface area contributed by atoms with Gasteiger partial charge in [-0.1, -0.05) is 138 Å². The molecule has 10 rings (SSSR count). The van der Waals surface area contributed by atoms with E-state index in [-0.39, 0.29) is 10.8 Å². The van der Waals surface area contributed by atoms with E-state index in [1.54, 1.807) is 0 Å². The van der Waals surface area contributed by atoms with Crippen LogP contribution in [0.2, 0.25) is 0 Å². The fourth-order valence-electron chi connectivity index (χ4n) is 9.41. The SMILES string of the molecule is CC(C)(C)c1ccc(N(C2=CC3=C(CC2)c2ccc4c5c(ccc(c25)S3)CCc2cc(N(c3ccccc3)c3ccc(C(C)(C)C)cc3)ccc2-4)c2ccccc2)cc1. The van der Waals surface area contributed by atoms with Crippen molar-refractivity contribution in [3.05, 3.63) is 196 Å². The van der Waals surface area contributed by atoms with E-state index in [1.807, 2.05) is 11.8 Å². The van der Waals surface area contributed by atoms with Crippen LogP contribution < -0.4 is 9.80 Å². The number of nitrogens with zero attached hydrogens (tertiary/aromatic N) is 2. The average molecular weight is 785 g/mol. The second-order valence-electron chi connectivity index (χ2n) is 18.5. The molecule has 0 amide bonds. The molecule has 7 aromatic carbocycles. The third-order valence-corrected chi connectivity index (χ3v) is 13.7. The predicted molar refractivity (Wildman–Crippen MR) is 254 cm³/mol. The fourth-order valence-corrected chi connectivity index (χ4v) is 10.6. The fraction of sp³-hybridized carbons (Fsp3) is 0.214. The van der Waals surface area contributed by atoms with Crippen molar-refractivity contribution in [2.24, 2.45) is 0 Å². The summed E-state index contributed by atoms with van der Waals surface area (Å²) in [6.07, 6.45) is 6.51. The Morgan fingerprint density at radius 2 is 0.949 bits per heavy atom. The Hall–Kier alpha value is -5.77. The molecule has 0 atom stereocenters. The number of rotatable bonds is 6. The number of para-hydroxylation sites is 2. The zero-order valence-corrected chi connectivity index (χ0v) is 36.0. The Morgan fingerprint density at radius 3 is 1.58 bits per heavy atom. The Balaban J connectivity index is 1.04. The molecular formula is C56H52N2S. The Bertz CT molecular complexity index is 2780. The molecule has 292 valence electrons. The molecule has 59 heavy (non-hydrogen) atoms. The molecule has 0 aromatic heterocycles. The highest BCUT2D eigenvalue weighted by Gasteiger charge is 2.30. The summed E-state index contributed by atoms with van der Waals surface area (Å²) < 4.78 is 0. The highest BCUT2D eigenvalue weighted by Crippen LogP contribution is 2.54. The maximum atomic E-state index is 2.48. The number of allylic oxidation sites excluding steroid dienone is 3. The average Bonchev–Trinajstić information content (AvgIpc) is 3.40. The van der Waals surface area contributed by atoms with Crippen molar-refractivity contribution < 1.29 is 0 Å². The van der Waals surface area contributed by atoms with E-state index < -0.39 is 0 Å². The minimum Gasteiger partial charge on any atom is -0.314 e. The Kier molecular flexibility index (Phi) is 9.22. The number of anilines is 5. The lowest BCUT2D eigenvalue weighted by atomic mass is 9.86. The normalized spacial score (nSPS) is 14.6. The molecule has 0 saturated carbocycles. The van der Waals surface area contributed by atoms with E-state index in [2.05, 4.69) is 209 Å². The van der Waals surface area contributed by atoms with Gasteiger partial charge in [0.1, 0.15) is 0 Å². The van der Waals surface area contributed by atoms with E-state index >= 15 is 0 Å².